The first kappa shape index (κ1) is 14.2. The molecule has 0 spiro atoms. The second-order valence-corrected chi connectivity index (χ2v) is 5.47. The third-order valence-electron chi connectivity index (χ3n) is 2.75. The molecule has 0 saturated heterocycles. The molecule has 0 aliphatic carbocycles. The van der Waals surface area contributed by atoms with Gasteiger partial charge in [0.25, 0.3) is 0 Å². The smallest absolute Gasteiger partial charge is 0.237 e. The highest BCUT2D eigenvalue weighted by Gasteiger charge is 2.19. The van der Waals surface area contributed by atoms with E-state index in [4.69, 9.17) is 5.73 Å². The van der Waals surface area contributed by atoms with Gasteiger partial charge in [0.05, 0.1) is 12.1 Å². The van der Waals surface area contributed by atoms with Gasteiger partial charge in [-0.2, -0.15) is 0 Å². The van der Waals surface area contributed by atoms with E-state index in [-0.39, 0.29) is 17.9 Å². The highest BCUT2D eigenvalue weighted by atomic mass is 79.9. The molecule has 0 unspecified atom stereocenters. The Morgan fingerprint density at radius 3 is 2.24 bits per heavy atom. The number of nitrogens with one attached hydrogen (secondary N) is 1. The highest BCUT2D eigenvalue weighted by molar-refractivity contribution is 9.10. The molecule has 0 aliphatic rings. The molecule has 0 heterocycles. The molecule has 3 N–H and O–H groups in total. The lowest BCUT2D eigenvalue weighted by molar-refractivity contribution is -0.123. The second-order valence-electron chi connectivity index (χ2n) is 4.55. The van der Waals surface area contributed by atoms with Crippen LogP contribution in [0, 0.1) is 5.92 Å². The first-order valence-electron chi connectivity index (χ1n) is 5.73. The third kappa shape index (κ3) is 4.13. The van der Waals surface area contributed by atoms with E-state index in [0.717, 1.165) is 10.0 Å². The average Bonchev–Trinajstić information content (AvgIpc) is 2.28. The van der Waals surface area contributed by atoms with Gasteiger partial charge in [-0.3, -0.25) is 4.79 Å². The Kier molecular flexibility index (Phi) is 5.15. The number of hydrogen-bond acceptors (Lipinski definition) is 2. The Hall–Kier alpha value is -0.870. The number of benzene rings is 1. The van der Waals surface area contributed by atoms with Crippen molar-refractivity contribution >= 4 is 21.8 Å². The van der Waals surface area contributed by atoms with Crippen LogP contribution in [0.3, 0.4) is 0 Å². The Balaban J connectivity index is 2.63. The molecule has 0 fully saturated rings. The quantitative estimate of drug-likeness (QED) is 0.898. The summed E-state index contributed by atoms with van der Waals surface area (Å²) < 4.78 is 1.03. The van der Waals surface area contributed by atoms with Crippen LogP contribution in [0.15, 0.2) is 28.7 Å². The first-order valence-corrected chi connectivity index (χ1v) is 6.52. The Morgan fingerprint density at radius 1 is 1.24 bits per heavy atom. The standard InChI is InChI=1S/C13H19BrN2O/c1-8(2)12(15)13(17)16-9(3)10-4-6-11(14)7-5-10/h4-9,12H,15H2,1-3H3,(H,16,17)/t9-,12+/m1/s1. The SMILES string of the molecule is CC(C)[C@H](N)C(=O)N[C@H](C)c1ccc(Br)cc1. The summed E-state index contributed by atoms with van der Waals surface area (Å²) in [5.41, 5.74) is 6.86. The van der Waals surface area contributed by atoms with E-state index in [1.54, 1.807) is 0 Å². The molecule has 0 saturated carbocycles. The Bertz CT molecular complexity index is 376. The minimum absolute atomic E-state index is 0.0274. The highest BCUT2D eigenvalue weighted by Crippen LogP contribution is 2.16. The number of hydrogen-bond donors (Lipinski definition) is 2. The maximum absolute atomic E-state index is 11.8. The summed E-state index contributed by atoms with van der Waals surface area (Å²) >= 11 is 3.38. The molecule has 3 nitrogen and oxygen atoms in total. The van der Waals surface area contributed by atoms with Gasteiger partial charge >= 0.3 is 0 Å². The third-order valence-corrected chi connectivity index (χ3v) is 3.28. The molecule has 4 heteroatoms. The Morgan fingerprint density at radius 2 is 1.76 bits per heavy atom. The molecule has 1 amide bonds. The number of nitrogens with two attached hydrogens (primary N) is 1. The number of amides is 1. The Labute approximate surface area is 111 Å². The molecule has 17 heavy (non-hydrogen) atoms. The summed E-state index contributed by atoms with van der Waals surface area (Å²) in [6, 6.07) is 7.40. The fourth-order valence-corrected chi connectivity index (χ4v) is 1.71. The first-order chi connectivity index (χ1) is 7.91. The minimum Gasteiger partial charge on any atom is -0.348 e. The van der Waals surface area contributed by atoms with Gasteiger partial charge in [-0.05, 0) is 30.5 Å². The van der Waals surface area contributed by atoms with E-state index in [1.807, 2.05) is 45.0 Å². The predicted molar refractivity (Wildman–Crippen MR) is 73.5 cm³/mol. The molecule has 0 radical (unpaired) electrons. The molecule has 0 aliphatic heterocycles. The molecule has 0 aromatic heterocycles. The van der Waals surface area contributed by atoms with Gasteiger partial charge in [-0.15, -0.1) is 0 Å². The van der Waals surface area contributed by atoms with Crippen LogP contribution in [0.25, 0.3) is 0 Å². The normalized spacial score (nSPS) is 14.5. The number of carbonyl (C=O) groups is 1. The van der Waals surface area contributed by atoms with E-state index in [0.29, 0.717) is 0 Å². The van der Waals surface area contributed by atoms with Gasteiger partial charge in [-0.1, -0.05) is 41.9 Å². The zero-order valence-electron chi connectivity index (χ0n) is 10.4. The van der Waals surface area contributed by atoms with E-state index in [1.165, 1.54) is 0 Å². The van der Waals surface area contributed by atoms with Crippen LogP contribution in [0.5, 0.6) is 0 Å². The molecule has 94 valence electrons. The molecular formula is C13H19BrN2O. The van der Waals surface area contributed by atoms with Crippen LogP contribution in [0.1, 0.15) is 32.4 Å². The van der Waals surface area contributed by atoms with E-state index < -0.39 is 6.04 Å². The second kappa shape index (κ2) is 6.17. The summed E-state index contributed by atoms with van der Waals surface area (Å²) in [4.78, 5) is 11.8. The van der Waals surface area contributed by atoms with E-state index in [9.17, 15) is 4.79 Å². The van der Waals surface area contributed by atoms with Crippen LogP contribution in [-0.2, 0) is 4.79 Å². The van der Waals surface area contributed by atoms with Gasteiger partial charge in [0.15, 0.2) is 0 Å². The topological polar surface area (TPSA) is 55.1 Å². The summed E-state index contributed by atoms with van der Waals surface area (Å²) in [5.74, 6) is 0.0440. The van der Waals surface area contributed by atoms with Crippen LogP contribution in [-0.4, -0.2) is 11.9 Å². The summed E-state index contributed by atoms with van der Waals surface area (Å²) in [6.45, 7) is 5.83. The average molecular weight is 299 g/mol. The fourth-order valence-electron chi connectivity index (χ4n) is 1.45. The van der Waals surface area contributed by atoms with Crippen molar-refractivity contribution in [2.75, 3.05) is 0 Å². The van der Waals surface area contributed by atoms with Crippen molar-refractivity contribution in [2.45, 2.75) is 32.9 Å². The van der Waals surface area contributed by atoms with Gasteiger partial charge < -0.3 is 11.1 Å². The predicted octanol–water partition coefficient (Wildman–Crippen LogP) is 2.61. The zero-order chi connectivity index (χ0) is 13.0. The van der Waals surface area contributed by atoms with Gasteiger partial charge in [0.2, 0.25) is 5.91 Å². The monoisotopic (exact) mass is 298 g/mol. The number of rotatable bonds is 4. The molecule has 1 aromatic carbocycles. The fraction of sp³-hybridized carbons (Fsp3) is 0.462. The summed E-state index contributed by atoms with van der Waals surface area (Å²) in [6.07, 6.45) is 0. The van der Waals surface area contributed by atoms with Crippen molar-refractivity contribution in [2.24, 2.45) is 11.7 Å². The summed E-state index contributed by atoms with van der Waals surface area (Å²) in [7, 11) is 0. The lowest BCUT2D eigenvalue weighted by Gasteiger charge is -2.20. The van der Waals surface area contributed by atoms with Crippen LogP contribution in [0.4, 0.5) is 0 Å². The van der Waals surface area contributed by atoms with Crippen molar-refractivity contribution in [3.8, 4) is 0 Å². The molecule has 1 rings (SSSR count). The molecule has 1 aromatic rings. The van der Waals surface area contributed by atoms with Crippen LogP contribution in [0.2, 0.25) is 0 Å². The van der Waals surface area contributed by atoms with Gasteiger partial charge in [0.1, 0.15) is 0 Å². The number of carbonyl (C=O) groups excluding carboxylic acids is 1. The van der Waals surface area contributed by atoms with Crippen molar-refractivity contribution in [1.82, 2.24) is 5.32 Å². The number of halogens is 1. The largest absolute Gasteiger partial charge is 0.348 e. The van der Waals surface area contributed by atoms with E-state index in [2.05, 4.69) is 21.2 Å². The van der Waals surface area contributed by atoms with Crippen LogP contribution >= 0.6 is 15.9 Å². The minimum atomic E-state index is -0.451. The lowest BCUT2D eigenvalue weighted by Crippen LogP contribution is -2.44. The van der Waals surface area contributed by atoms with Gasteiger partial charge in [-0.25, -0.2) is 0 Å². The van der Waals surface area contributed by atoms with Crippen molar-refractivity contribution in [3.63, 3.8) is 0 Å². The van der Waals surface area contributed by atoms with Crippen molar-refractivity contribution in [1.29, 1.82) is 0 Å². The molecule has 2 atom stereocenters. The van der Waals surface area contributed by atoms with Crippen molar-refractivity contribution in [3.05, 3.63) is 34.3 Å². The van der Waals surface area contributed by atoms with Crippen LogP contribution < -0.4 is 11.1 Å². The maximum Gasteiger partial charge on any atom is 0.237 e. The molecular weight excluding hydrogens is 280 g/mol. The summed E-state index contributed by atoms with van der Waals surface area (Å²) in [5, 5.41) is 2.92. The van der Waals surface area contributed by atoms with E-state index >= 15 is 0 Å². The zero-order valence-corrected chi connectivity index (χ0v) is 12.0. The maximum atomic E-state index is 11.8. The molecule has 0 bridgehead atoms. The van der Waals surface area contributed by atoms with Crippen molar-refractivity contribution < 1.29 is 4.79 Å². The van der Waals surface area contributed by atoms with Gasteiger partial charge in [0, 0.05) is 4.47 Å². The lowest BCUT2D eigenvalue weighted by atomic mass is 10.0.